The minimum Gasteiger partial charge on any atom is -0.489 e. The van der Waals surface area contributed by atoms with Gasteiger partial charge in [0.15, 0.2) is 0 Å². The summed E-state index contributed by atoms with van der Waals surface area (Å²) in [5.74, 6) is 3.02. The Bertz CT molecular complexity index is 2020. The molecule has 5 aromatic carbocycles. The molecule has 0 aliphatic rings. The van der Waals surface area contributed by atoms with Crippen molar-refractivity contribution < 1.29 is 18.6 Å². The van der Waals surface area contributed by atoms with Crippen molar-refractivity contribution in [1.82, 2.24) is 4.98 Å². The van der Waals surface area contributed by atoms with Crippen LogP contribution in [0.15, 0.2) is 128 Å². The van der Waals surface area contributed by atoms with Crippen LogP contribution in [0.1, 0.15) is 98.4 Å². The summed E-state index contributed by atoms with van der Waals surface area (Å²) in [5, 5.41) is 2.01. The SMILES string of the molecule is CC(C)c1ccc(COc2cccc(F)c2)c(Cl)c1.CC(C)c1ccc(OCc2ccccn2)c(Cl)c1.Cc1cccc(COc2ccc(C(C)C)cc2Cl)c1. The first kappa shape index (κ1) is 44.2. The largest absolute Gasteiger partial charge is 0.489 e. The highest BCUT2D eigenvalue weighted by Crippen LogP contribution is 2.30. The van der Waals surface area contributed by atoms with Crippen LogP contribution in [0.2, 0.25) is 15.1 Å². The van der Waals surface area contributed by atoms with E-state index in [-0.39, 0.29) is 5.82 Å². The van der Waals surface area contributed by atoms with E-state index in [4.69, 9.17) is 49.0 Å². The molecule has 0 aliphatic heterocycles. The molecule has 56 heavy (non-hydrogen) atoms. The Morgan fingerprint density at radius 2 is 1.11 bits per heavy atom. The first-order chi connectivity index (χ1) is 26.8. The lowest BCUT2D eigenvalue weighted by molar-refractivity contribution is 0.301. The number of aromatic nitrogens is 1. The predicted molar refractivity (Wildman–Crippen MR) is 231 cm³/mol. The van der Waals surface area contributed by atoms with Crippen LogP contribution in [0.4, 0.5) is 4.39 Å². The standard InChI is InChI=1S/C17H19ClO.C16H16ClFO.C15H16ClNO/c1-12(2)15-7-8-17(16(18)10-15)19-11-14-6-4-5-13(3)9-14;1-11(2)12-6-7-13(16(17)8-12)10-19-15-5-3-4-14(18)9-15;1-11(2)12-6-7-15(14(16)9-12)18-10-13-5-3-4-8-17-13/h4-10,12H,11H2,1-3H3;3-9,11H,10H2,1-2H3;3-9,11H,10H2,1-2H3. The van der Waals surface area contributed by atoms with E-state index in [1.165, 1.54) is 34.4 Å². The fraction of sp³-hybridized carbons (Fsp3) is 0.271. The fourth-order valence-corrected chi connectivity index (χ4v) is 6.07. The van der Waals surface area contributed by atoms with Crippen LogP contribution in [0.3, 0.4) is 0 Å². The van der Waals surface area contributed by atoms with Gasteiger partial charge in [-0.25, -0.2) is 4.39 Å². The maximum atomic E-state index is 13.0. The Hall–Kier alpha value is -4.55. The summed E-state index contributed by atoms with van der Waals surface area (Å²) in [6.07, 6.45) is 1.75. The molecule has 294 valence electrons. The van der Waals surface area contributed by atoms with Gasteiger partial charge in [0.05, 0.1) is 15.7 Å². The third kappa shape index (κ3) is 14.5. The van der Waals surface area contributed by atoms with Crippen LogP contribution in [-0.4, -0.2) is 4.98 Å². The van der Waals surface area contributed by atoms with Crippen molar-refractivity contribution in [3.8, 4) is 17.2 Å². The van der Waals surface area contributed by atoms with Crippen LogP contribution in [0.25, 0.3) is 0 Å². The summed E-state index contributed by atoms with van der Waals surface area (Å²) >= 11 is 18.7. The van der Waals surface area contributed by atoms with Gasteiger partial charge in [-0.1, -0.05) is 143 Å². The van der Waals surface area contributed by atoms with Crippen molar-refractivity contribution in [2.75, 3.05) is 0 Å². The highest BCUT2D eigenvalue weighted by molar-refractivity contribution is 6.32. The second-order valence-corrected chi connectivity index (χ2v) is 15.5. The van der Waals surface area contributed by atoms with Crippen molar-refractivity contribution in [2.45, 2.75) is 86.0 Å². The molecule has 1 heterocycles. The molecule has 8 heteroatoms. The van der Waals surface area contributed by atoms with E-state index >= 15 is 0 Å². The monoisotopic (exact) mass is 813 g/mol. The molecule has 0 atom stereocenters. The molecule has 0 saturated carbocycles. The van der Waals surface area contributed by atoms with Crippen LogP contribution in [-0.2, 0) is 19.8 Å². The van der Waals surface area contributed by atoms with E-state index in [0.717, 1.165) is 22.6 Å². The normalized spacial score (nSPS) is 10.8. The molecule has 6 rings (SSSR count). The number of pyridine rings is 1. The van der Waals surface area contributed by atoms with E-state index in [1.807, 2.05) is 72.8 Å². The summed E-state index contributed by atoms with van der Waals surface area (Å²) in [6, 6.07) is 38.0. The summed E-state index contributed by atoms with van der Waals surface area (Å²) in [6.45, 7) is 16.2. The zero-order valence-electron chi connectivity index (χ0n) is 33.2. The molecule has 0 unspecified atom stereocenters. The lowest BCUT2D eigenvalue weighted by Gasteiger charge is -2.11. The average molecular weight is 815 g/mol. The molecule has 0 aliphatic carbocycles. The van der Waals surface area contributed by atoms with Gasteiger partial charge in [-0.3, -0.25) is 4.98 Å². The number of halogens is 4. The molecule has 6 aromatic rings. The van der Waals surface area contributed by atoms with Gasteiger partial charge in [-0.15, -0.1) is 0 Å². The van der Waals surface area contributed by atoms with Crippen molar-refractivity contribution in [2.24, 2.45) is 0 Å². The van der Waals surface area contributed by atoms with Crippen LogP contribution in [0, 0.1) is 12.7 Å². The molecular weight excluding hydrogens is 764 g/mol. The van der Waals surface area contributed by atoms with Crippen molar-refractivity contribution in [3.63, 3.8) is 0 Å². The Kier molecular flexibility index (Phi) is 17.6. The van der Waals surface area contributed by atoms with Crippen molar-refractivity contribution >= 4 is 34.8 Å². The maximum absolute atomic E-state index is 13.0. The average Bonchev–Trinajstić information content (AvgIpc) is 3.17. The molecular formula is C48H51Cl3FNO3. The first-order valence-corrected chi connectivity index (χ1v) is 19.9. The molecule has 4 nitrogen and oxygen atoms in total. The van der Waals surface area contributed by atoms with Gasteiger partial charge in [0.25, 0.3) is 0 Å². The summed E-state index contributed by atoms with van der Waals surface area (Å²) in [7, 11) is 0. The lowest BCUT2D eigenvalue weighted by Crippen LogP contribution is -1.98. The van der Waals surface area contributed by atoms with Gasteiger partial charge in [0, 0.05) is 22.8 Å². The van der Waals surface area contributed by atoms with Crippen molar-refractivity contribution in [3.05, 3.63) is 187 Å². The predicted octanol–water partition coefficient (Wildman–Crippen LogP) is 15.0. The molecule has 0 N–H and O–H groups in total. The number of benzene rings is 5. The van der Waals surface area contributed by atoms with E-state index < -0.39 is 0 Å². The third-order valence-corrected chi connectivity index (χ3v) is 9.70. The maximum Gasteiger partial charge on any atom is 0.138 e. The molecule has 0 bridgehead atoms. The first-order valence-electron chi connectivity index (χ1n) is 18.8. The molecule has 0 amide bonds. The zero-order valence-corrected chi connectivity index (χ0v) is 35.4. The minimum atomic E-state index is -0.307. The summed E-state index contributed by atoms with van der Waals surface area (Å²) < 4.78 is 30.0. The van der Waals surface area contributed by atoms with Gasteiger partial charge in [0.1, 0.15) is 42.9 Å². The Balaban J connectivity index is 0.000000187. The molecule has 1 aromatic heterocycles. The van der Waals surface area contributed by atoms with Gasteiger partial charge in [0.2, 0.25) is 0 Å². The zero-order chi connectivity index (χ0) is 40.6. The topological polar surface area (TPSA) is 40.6 Å². The van der Waals surface area contributed by atoms with E-state index in [0.29, 0.717) is 64.1 Å². The van der Waals surface area contributed by atoms with Crippen LogP contribution >= 0.6 is 34.8 Å². The van der Waals surface area contributed by atoms with Crippen LogP contribution in [0.5, 0.6) is 17.2 Å². The second-order valence-electron chi connectivity index (χ2n) is 14.3. The van der Waals surface area contributed by atoms with E-state index in [1.54, 1.807) is 18.3 Å². The summed E-state index contributed by atoms with van der Waals surface area (Å²) in [5.41, 5.74) is 7.82. The number of ether oxygens (including phenoxy) is 3. The highest BCUT2D eigenvalue weighted by Gasteiger charge is 2.09. The van der Waals surface area contributed by atoms with Crippen LogP contribution < -0.4 is 14.2 Å². The van der Waals surface area contributed by atoms with Crippen molar-refractivity contribution in [1.29, 1.82) is 0 Å². The minimum absolute atomic E-state index is 0.307. The van der Waals surface area contributed by atoms with Gasteiger partial charge in [-0.05, 0) is 102 Å². The Morgan fingerprint density at radius 1 is 0.536 bits per heavy atom. The lowest BCUT2D eigenvalue weighted by atomic mass is 10.0. The van der Waals surface area contributed by atoms with Gasteiger partial charge in [-0.2, -0.15) is 0 Å². The van der Waals surface area contributed by atoms with Gasteiger partial charge < -0.3 is 14.2 Å². The molecule has 0 saturated heterocycles. The number of nitrogens with zero attached hydrogens (tertiary/aromatic N) is 1. The number of aryl methyl sites for hydroxylation is 1. The molecule has 0 radical (unpaired) electrons. The highest BCUT2D eigenvalue weighted by atomic mass is 35.5. The Labute approximate surface area is 347 Å². The number of hydrogen-bond donors (Lipinski definition) is 0. The third-order valence-electron chi connectivity index (χ3n) is 8.76. The number of rotatable bonds is 12. The fourth-order valence-electron chi connectivity index (χ4n) is 5.34. The number of hydrogen-bond acceptors (Lipinski definition) is 4. The van der Waals surface area contributed by atoms with E-state index in [2.05, 4.69) is 77.7 Å². The molecule has 0 fully saturated rings. The summed E-state index contributed by atoms with van der Waals surface area (Å²) in [4.78, 5) is 4.20. The molecule has 0 spiro atoms. The second kappa shape index (κ2) is 22.3. The quantitative estimate of drug-likeness (QED) is 0.123. The Morgan fingerprint density at radius 3 is 1.62 bits per heavy atom. The smallest absolute Gasteiger partial charge is 0.138 e. The van der Waals surface area contributed by atoms with E-state index in [9.17, 15) is 4.39 Å². The van der Waals surface area contributed by atoms with Gasteiger partial charge >= 0.3 is 0 Å².